The van der Waals surface area contributed by atoms with E-state index < -0.39 is 0 Å². The van der Waals surface area contributed by atoms with Gasteiger partial charge < -0.3 is 4.90 Å². The standard InChI is InChI=1S/C12H15NO2S/c1-8(2)12(10-4-3-5-16-10)13-7-9(14)6-11(13)15/h3-5,8,12H,6-7H2,1-2H3. The molecule has 1 amide bonds. The van der Waals surface area contributed by atoms with E-state index in [0.29, 0.717) is 5.92 Å². The first-order chi connectivity index (χ1) is 7.59. The van der Waals surface area contributed by atoms with Crippen LogP contribution in [0.5, 0.6) is 0 Å². The van der Waals surface area contributed by atoms with E-state index in [2.05, 4.69) is 13.8 Å². The van der Waals surface area contributed by atoms with Crippen molar-refractivity contribution in [1.82, 2.24) is 4.90 Å². The summed E-state index contributed by atoms with van der Waals surface area (Å²) in [5, 5.41) is 2.01. The number of Topliss-reactive ketones (excluding diaryl/α,β-unsaturated/α-hetero) is 1. The van der Waals surface area contributed by atoms with Crippen molar-refractivity contribution < 1.29 is 9.59 Å². The third-order valence-electron chi connectivity index (χ3n) is 2.82. The van der Waals surface area contributed by atoms with Gasteiger partial charge in [-0.05, 0) is 17.4 Å². The third-order valence-corrected chi connectivity index (χ3v) is 3.76. The molecule has 0 radical (unpaired) electrons. The first-order valence-electron chi connectivity index (χ1n) is 5.44. The minimum Gasteiger partial charge on any atom is -0.327 e. The number of hydrogen-bond acceptors (Lipinski definition) is 3. The molecule has 1 atom stereocenters. The maximum Gasteiger partial charge on any atom is 0.231 e. The number of nitrogens with zero attached hydrogens (tertiary/aromatic N) is 1. The second kappa shape index (κ2) is 4.37. The Labute approximate surface area is 99.1 Å². The molecule has 16 heavy (non-hydrogen) atoms. The normalized spacial score (nSPS) is 18.6. The Bertz CT molecular complexity index is 397. The number of carbonyl (C=O) groups is 2. The maximum absolute atomic E-state index is 11.7. The van der Waals surface area contributed by atoms with Crippen molar-refractivity contribution in [2.45, 2.75) is 26.3 Å². The van der Waals surface area contributed by atoms with Crippen molar-refractivity contribution in [3.63, 3.8) is 0 Å². The second-order valence-electron chi connectivity index (χ2n) is 4.44. The van der Waals surface area contributed by atoms with Gasteiger partial charge in [0.1, 0.15) is 0 Å². The van der Waals surface area contributed by atoms with Gasteiger partial charge >= 0.3 is 0 Å². The summed E-state index contributed by atoms with van der Waals surface area (Å²) in [4.78, 5) is 25.9. The summed E-state index contributed by atoms with van der Waals surface area (Å²) in [5.74, 6) is 0.331. The number of amides is 1. The predicted molar refractivity (Wildman–Crippen MR) is 63.2 cm³/mol. The van der Waals surface area contributed by atoms with Gasteiger partial charge in [-0.3, -0.25) is 9.59 Å². The largest absolute Gasteiger partial charge is 0.327 e. The summed E-state index contributed by atoms with van der Waals surface area (Å²) >= 11 is 1.64. The van der Waals surface area contributed by atoms with Crippen LogP contribution in [0, 0.1) is 5.92 Å². The number of ketones is 1. The maximum atomic E-state index is 11.7. The Kier molecular flexibility index (Phi) is 3.10. The van der Waals surface area contributed by atoms with Crippen LogP contribution in [0.4, 0.5) is 0 Å². The Hall–Kier alpha value is -1.16. The van der Waals surface area contributed by atoms with E-state index in [1.165, 1.54) is 0 Å². The van der Waals surface area contributed by atoms with Crippen LogP contribution in [0.3, 0.4) is 0 Å². The van der Waals surface area contributed by atoms with E-state index >= 15 is 0 Å². The van der Waals surface area contributed by atoms with Crippen molar-refractivity contribution in [2.24, 2.45) is 5.92 Å². The van der Waals surface area contributed by atoms with Gasteiger partial charge in [0.15, 0.2) is 5.78 Å². The molecular weight excluding hydrogens is 222 g/mol. The van der Waals surface area contributed by atoms with Crippen LogP contribution in [0.15, 0.2) is 17.5 Å². The molecule has 3 nitrogen and oxygen atoms in total. The van der Waals surface area contributed by atoms with E-state index in [1.54, 1.807) is 16.2 Å². The van der Waals surface area contributed by atoms with Gasteiger partial charge in [0.25, 0.3) is 0 Å². The molecule has 1 unspecified atom stereocenters. The SMILES string of the molecule is CC(C)C(c1cccs1)N1CC(=O)CC1=O. The topological polar surface area (TPSA) is 37.4 Å². The lowest BCUT2D eigenvalue weighted by atomic mass is 10.0. The lowest BCUT2D eigenvalue weighted by Crippen LogP contribution is -2.33. The minimum atomic E-state index is -0.0305. The average Bonchev–Trinajstić information content (AvgIpc) is 2.78. The van der Waals surface area contributed by atoms with E-state index in [0.717, 1.165) is 4.88 Å². The first kappa shape index (κ1) is 11.3. The molecule has 0 saturated carbocycles. The molecule has 1 fully saturated rings. The molecule has 1 aromatic heterocycles. The van der Waals surface area contributed by atoms with Gasteiger partial charge in [0.05, 0.1) is 19.0 Å². The van der Waals surface area contributed by atoms with Crippen molar-refractivity contribution in [2.75, 3.05) is 6.54 Å². The van der Waals surface area contributed by atoms with Gasteiger partial charge in [-0.15, -0.1) is 11.3 Å². The van der Waals surface area contributed by atoms with Gasteiger partial charge in [-0.1, -0.05) is 19.9 Å². The van der Waals surface area contributed by atoms with Crippen LogP contribution in [0.2, 0.25) is 0 Å². The predicted octanol–water partition coefficient (Wildman–Crippen LogP) is 2.25. The van der Waals surface area contributed by atoms with Crippen molar-refractivity contribution in [3.05, 3.63) is 22.4 Å². The molecule has 0 bridgehead atoms. The lowest BCUT2D eigenvalue weighted by Gasteiger charge is -2.29. The lowest BCUT2D eigenvalue weighted by molar-refractivity contribution is -0.130. The fourth-order valence-corrected chi connectivity index (χ4v) is 3.17. The Morgan fingerprint density at radius 1 is 1.38 bits per heavy atom. The minimum absolute atomic E-state index is 0.0305. The molecule has 0 aromatic carbocycles. The quantitative estimate of drug-likeness (QED) is 0.756. The van der Waals surface area contributed by atoms with Crippen LogP contribution < -0.4 is 0 Å². The molecule has 4 heteroatoms. The molecule has 1 aliphatic rings. The summed E-state index contributed by atoms with van der Waals surface area (Å²) in [6.45, 7) is 4.44. The number of likely N-dealkylation sites (tertiary alicyclic amines) is 1. The highest BCUT2D eigenvalue weighted by atomic mass is 32.1. The zero-order valence-electron chi connectivity index (χ0n) is 9.47. The van der Waals surface area contributed by atoms with Crippen LogP contribution in [0.25, 0.3) is 0 Å². The fourth-order valence-electron chi connectivity index (χ4n) is 2.16. The van der Waals surface area contributed by atoms with Gasteiger partial charge in [-0.2, -0.15) is 0 Å². The summed E-state index contributed by atoms with van der Waals surface area (Å²) < 4.78 is 0. The van der Waals surface area contributed by atoms with Crippen molar-refractivity contribution >= 4 is 23.0 Å². The van der Waals surface area contributed by atoms with Crippen LogP contribution in [-0.2, 0) is 9.59 Å². The number of hydrogen-bond donors (Lipinski definition) is 0. The van der Waals surface area contributed by atoms with Crippen LogP contribution in [0.1, 0.15) is 31.2 Å². The molecule has 1 aliphatic heterocycles. The van der Waals surface area contributed by atoms with Crippen molar-refractivity contribution in [1.29, 1.82) is 0 Å². The molecule has 2 rings (SSSR count). The van der Waals surface area contributed by atoms with Gasteiger partial charge in [0, 0.05) is 4.88 Å². The number of carbonyl (C=O) groups excluding carboxylic acids is 2. The highest BCUT2D eigenvalue weighted by Crippen LogP contribution is 2.33. The van der Waals surface area contributed by atoms with E-state index in [1.807, 2.05) is 17.5 Å². The van der Waals surface area contributed by atoms with Gasteiger partial charge in [0.2, 0.25) is 5.91 Å². The monoisotopic (exact) mass is 237 g/mol. The molecule has 0 aliphatic carbocycles. The number of rotatable bonds is 3. The summed E-state index contributed by atoms with van der Waals surface area (Å²) in [5.41, 5.74) is 0. The Balaban J connectivity index is 2.27. The molecule has 86 valence electrons. The molecule has 2 heterocycles. The summed E-state index contributed by atoms with van der Waals surface area (Å²) in [6, 6.07) is 4.07. The number of thiophene rings is 1. The highest BCUT2D eigenvalue weighted by molar-refractivity contribution is 7.10. The molecule has 0 spiro atoms. The van der Waals surface area contributed by atoms with Crippen LogP contribution >= 0.6 is 11.3 Å². The fraction of sp³-hybridized carbons (Fsp3) is 0.500. The molecular formula is C12H15NO2S. The zero-order valence-corrected chi connectivity index (χ0v) is 10.3. The van der Waals surface area contributed by atoms with E-state index in [-0.39, 0.29) is 30.7 Å². The second-order valence-corrected chi connectivity index (χ2v) is 5.42. The Morgan fingerprint density at radius 3 is 2.56 bits per heavy atom. The third kappa shape index (κ3) is 2.02. The molecule has 0 N–H and O–H groups in total. The average molecular weight is 237 g/mol. The first-order valence-corrected chi connectivity index (χ1v) is 6.32. The van der Waals surface area contributed by atoms with E-state index in [4.69, 9.17) is 0 Å². The Morgan fingerprint density at radius 2 is 2.12 bits per heavy atom. The molecule has 1 aromatic rings. The smallest absolute Gasteiger partial charge is 0.231 e. The van der Waals surface area contributed by atoms with E-state index in [9.17, 15) is 9.59 Å². The van der Waals surface area contributed by atoms with Crippen LogP contribution in [-0.4, -0.2) is 23.1 Å². The molecule has 1 saturated heterocycles. The zero-order chi connectivity index (χ0) is 11.7. The highest BCUT2D eigenvalue weighted by Gasteiger charge is 2.35. The summed E-state index contributed by atoms with van der Waals surface area (Å²) in [7, 11) is 0. The van der Waals surface area contributed by atoms with Crippen molar-refractivity contribution in [3.8, 4) is 0 Å². The summed E-state index contributed by atoms with van der Waals surface area (Å²) in [6.07, 6.45) is 0.0780. The van der Waals surface area contributed by atoms with Gasteiger partial charge in [-0.25, -0.2) is 0 Å².